The zero-order valence-electron chi connectivity index (χ0n) is 14.5. The fourth-order valence-electron chi connectivity index (χ4n) is 3.35. The Balaban J connectivity index is 1.62. The van der Waals surface area contributed by atoms with E-state index in [1.807, 2.05) is 11.3 Å². The lowest BCUT2D eigenvalue weighted by molar-refractivity contribution is -0.118. The lowest BCUT2D eigenvalue weighted by atomic mass is 9.98. The quantitative estimate of drug-likeness (QED) is 0.865. The van der Waals surface area contributed by atoms with Crippen LogP contribution in [0.3, 0.4) is 0 Å². The van der Waals surface area contributed by atoms with Crippen molar-refractivity contribution >= 4 is 28.8 Å². The highest BCUT2D eigenvalue weighted by atomic mass is 32.1. The fourth-order valence-corrected chi connectivity index (χ4v) is 4.28. The molecule has 2 N–H and O–H groups in total. The molecule has 0 radical (unpaired) electrons. The Morgan fingerprint density at radius 1 is 1.24 bits per heavy atom. The van der Waals surface area contributed by atoms with E-state index in [1.54, 1.807) is 31.3 Å². The van der Waals surface area contributed by atoms with Gasteiger partial charge in [0.05, 0.1) is 6.54 Å². The maximum Gasteiger partial charge on any atom is 0.251 e. The monoisotopic (exact) mass is 357 g/mol. The van der Waals surface area contributed by atoms with Crippen LogP contribution in [0.25, 0.3) is 0 Å². The molecule has 2 amide bonds. The Morgan fingerprint density at radius 2 is 2.00 bits per heavy atom. The Morgan fingerprint density at radius 3 is 2.68 bits per heavy atom. The lowest BCUT2D eigenvalue weighted by Crippen LogP contribution is -2.40. The molecule has 1 unspecified atom stereocenters. The van der Waals surface area contributed by atoms with Crippen LogP contribution in [0.4, 0.5) is 5.69 Å². The zero-order valence-corrected chi connectivity index (χ0v) is 15.4. The minimum Gasteiger partial charge on any atom is -0.355 e. The van der Waals surface area contributed by atoms with Gasteiger partial charge in [-0.05, 0) is 54.1 Å². The molecule has 0 aliphatic carbocycles. The van der Waals surface area contributed by atoms with Crippen LogP contribution in [0.5, 0.6) is 0 Å². The van der Waals surface area contributed by atoms with Crippen molar-refractivity contribution in [1.29, 1.82) is 0 Å². The molecule has 0 spiro atoms. The number of hydrogen-bond donors (Lipinski definition) is 2. The molecule has 1 aromatic carbocycles. The van der Waals surface area contributed by atoms with Gasteiger partial charge in [0.15, 0.2) is 0 Å². The van der Waals surface area contributed by atoms with Crippen molar-refractivity contribution in [1.82, 2.24) is 10.2 Å². The maximum atomic E-state index is 12.4. The van der Waals surface area contributed by atoms with Crippen LogP contribution in [-0.4, -0.2) is 36.9 Å². The molecule has 0 saturated heterocycles. The summed E-state index contributed by atoms with van der Waals surface area (Å²) in [5, 5.41) is 7.65. The van der Waals surface area contributed by atoms with Crippen LogP contribution in [0.2, 0.25) is 0 Å². The Kier molecular flexibility index (Phi) is 5.50. The molecule has 0 fully saturated rings. The van der Waals surface area contributed by atoms with E-state index in [-0.39, 0.29) is 11.8 Å². The fraction of sp³-hybridized carbons (Fsp3) is 0.368. The summed E-state index contributed by atoms with van der Waals surface area (Å²) >= 11 is 1.81. The van der Waals surface area contributed by atoms with Crippen molar-refractivity contribution in [2.75, 3.05) is 25.5 Å². The number of rotatable bonds is 5. The van der Waals surface area contributed by atoms with E-state index in [4.69, 9.17) is 0 Å². The van der Waals surface area contributed by atoms with Crippen molar-refractivity contribution in [2.45, 2.75) is 25.8 Å². The molecule has 1 atom stereocenters. The van der Waals surface area contributed by atoms with Crippen LogP contribution in [0.15, 0.2) is 35.7 Å². The number of fused-ring (bicyclic) bond motifs is 1. The first kappa shape index (κ1) is 17.6. The number of anilines is 1. The predicted octanol–water partition coefficient (Wildman–Crippen LogP) is 3.06. The number of hydrogen-bond acceptors (Lipinski definition) is 4. The molecule has 1 aliphatic heterocycles. The zero-order chi connectivity index (χ0) is 17.8. The summed E-state index contributed by atoms with van der Waals surface area (Å²) in [4.78, 5) is 27.7. The van der Waals surface area contributed by atoms with Crippen molar-refractivity contribution in [3.63, 3.8) is 0 Å². The number of amides is 2. The second-order valence-electron chi connectivity index (χ2n) is 6.15. The molecule has 6 heteroatoms. The van der Waals surface area contributed by atoms with Crippen LogP contribution < -0.4 is 10.6 Å². The first-order chi connectivity index (χ1) is 12.1. The maximum absolute atomic E-state index is 12.4. The molecule has 1 aromatic heterocycles. The number of nitrogens with zero attached hydrogens (tertiary/aromatic N) is 1. The normalized spacial score (nSPS) is 17.0. The van der Waals surface area contributed by atoms with Crippen molar-refractivity contribution in [2.24, 2.45) is 0 Å². The molecule has 2 aromatic rings. The Bertz CT molecular complexity index is 754. The number of nitrogens with one attached hydrogen (secondary N) is 2. The van der Waals surface area contributed by atoms with Crippen LogP contribution in [0, 0.1) is 0 Å². The Hall–Kier alpha value is -2.18. The summed E-state index contributed by atoms with van der Waals surface area (Å²) in [6.07, 6.45) is 2.01. The van der Waals surface area contributed by atoms with Crippen molar-refractivity contribution in [3.05, 3.63) is 51.7 Å². The molecule has 3 rings (SSSR count). The van der Waals surface area contributed by atoms with Gasteiger partial charge >= 0.3 is 0 Å². The van der Waals surface area contributed by atoms with Gasteiger partial charge in [-0.1, -0.05) is 6.92 Å². The van der Waals surface area contributed by atoms with Crippen LogP contribution in [0.1, 0.15) is 40.2 Å². The lowest BCUT2D eigenvalue weighted by Gasteiger charge is -2.34. The van der Waals surface area contributed by atoms with Crippen LogP contribution in [-0.2, 0) is 11.2 Å². The van der Waals surface area contributed by atoms with Gasteiger partial charge in [0.25, 0.3) is 5.91 Å². The van der Waals surface area contributed by atoms with E-state index in [1.165, 1.54) is 10.4 Å². The smallest absolute Gasteiger partial charge is 0.251 e. The minimum absolute atomic E-state index is 0.0233. The molecule has 1 aliphatic rings. The molecule has 0 saturated carbocycles. The van der Waals surface area contributed by atoms with Crippen LogP contribution >= 0.6 is 11.3 Å². The van der Waals surface area contributed by atoms with E-state index in [0.717, 1.165) is 19.4 Å². The third-order valence-electron chi connectivity index (χ3n) is 4.60. The molecular weight excluding hydrogens is 334 g/mol. The number of carbonyl (C=O) groups excluding carboxylic acids is 2. The first-order valence-electron chi connectivity index (χ1n) is 8.54. The molecule has 25 heavy (non-hydrogen) atoms. The third-order valence-corrected chi connectivity index (χ3v) is 5.59. The minimum atomic E-state index is -0.136. The van der Waals surface area contributed by atoms with Gasteiger partial charge in [-0.25, -0.2) is 0 Å². The van der Waals surface area contributed by atoms with E-state index in [2.05, 4.69) is 33.9 Å². The summed E-state index contributed by atoms with van der Waals surface area (Å²) in [6, 6.07) is 9.44. The molecule has 2 heterocycles. The molecular formula is C19H23N3O2S. The van der Waals surface area contributed by atoms with Gasteiger partial charge in [0, 0.05) is 35.8 Å². The molecule has 0 bridgehead atoms. The topological polar surface area (TPSA) is 61.4 Å². The summed E-state index contributed by atoms with van der Waals surface area (Å²) in [5.41, 5.74) is 2.66. The average molecular weight is 357 g/mol. The number of benzene rings is 1. The van der Waals surface area contributed by atoms with Gasteiger partial charge < -0.3 is 10.6 Å². The first-order valence-corrected chi connectivity index (χ1v) is 9.42. The second-order valence-corrected chi connectivity index (χ2v) is 7.15. The Labute approximate surface area is 152 Å². The predicted molar refractivity (Wildman–Crippen MR) is 101 cm³/mol. The van der Waals surface area contributed by atoms with Gasteiger partial charge in [-0.2, -0.15) is 0 Å². The van der Waals surface area contributed by atoms with E-state index >= 15 is 0 Å². The van der Waals surface area contributed by atoms with Gasteiger partial charge in [-0.3, -0.25) is 14.5 Å². The SMILES string of the molecule is CCC1c2ccsc2CCN1CC(=O)Nc1ccc(C(=O)NC)cc1. The highest BCUT2D eigenvalue weighted by Gasteiger charge is 2.28. The van der Waals surface area contributed by atoms with E-state index in [0.29, 0.717) is 23.8 Å². The summed E-state index contributed by atoms with van der Waals surface area (Å²) in [5.74, 6) is -0.159. The second kappa shape index (κ2) is 7.80. The van der Waals surface area contributed by atoms with Crippen molar-refractivity contribution in [3.8, 4) is 0 Å². The third kappa shape index (κ3) is 3.91. The molecule has 132 valence electrons. The van der Waals surface area contributed by atoms with Gasteiger partial charge in [-0.15, -0.1) is 11.3 Å². The van der Waals surface area contributed by atoms with E-state index < -0.39 is 0 Å². The highest BCUT2D eigenvalue weighted by Crippen LogP contribution is 2.34. The summed E-state index contributed by atoms with van der Waals surface area (Å²) in [7, 11) is 1.60. The number of thiophene rings is 1. The average Bonchev–Trinajstić information content (AvgIpc) is 3.10. The van der Waals surface area contributed by atoms with Crippen molar-refractivity contribution < 1.29 is 9.59 Å². The summed E-state index contributed by atoms with van der Waals surface area (Å²) < 4.78 is 0. The van der Waals surface area contributed by atoms with E-state index in [9.17, 15) is 9.59 Å². The van der Waals surface area contributed by atoms with Gasteiger partial charge in [0.1, 0.15) is 0 Å². The highest BCUT2D eigenvalue weighted by molar-refractivity contribution is 7.10. The van der Waals surface area contributed by atoms with Gasteiger partial charge in [0.2, 0.25) is 5.91 Å². The molecule has 5 nitrogen and oxygen atoms in total. The number of carbonyl (C=O) groups is 2. The standard InChI is InChI=1S/C19H23N3O2S/c1-3-16-15-9-11-25-17(15)8-10-22(16)12-18(23)21-14-6-4-13(5-7-14)19(24)20-2/h4-7,9,11,16H,3,8,10,12H2,1-2H3,(H,20,24)(H,21,23). The summed E-state index contributed by atoms with van der Waals surface area (Å²) in [6.45, 7) is 3.46. The largest absolute Gasteiger partial charge is 0.355 e.